The highest BCUT2D eigenvalue weighted by Gasteiger charge is 2.22. The summed E-state index contributed by atoms with van der Waals surface area (Å²) in [7, 11) is -1.91. The van der Waals surface area contributed by atoms with E-state index in [0.717, 1.165) is 12.8 Å². The van der Waals surface area contributed by atoms with E-state index in [1.165, 1.54) is 10.4 Å². The minimum Gasteiger partial charge on any atom is -0.392 e. The van der Waals surface area contributed by atoms with Crippen LogP contribution in [-0.4, -0.2) is 31.4 Å². The Balaban J connectivity index is 3.04. The first-order valence-corrected chi connectivity index (χ1v) is 7.13. The van der Waals surface area contributed by atoms with Crippen molar-refractivity contribution >= 4 is 10.0 Å². The third-order valence-corrected chi connectivity index (χ3v) is 4.62. The smallest absolute Gasteiger partial charge is 0.243 e. The van der Waals surface area contributed by atoms with Gasteiger partial charge in [-0.2, -0.15) is 0 Å². The van der Waals surface area contributed by atoms with Crippen molar-refractivity contribution in [3.05, 3.63) is 29.8 Å². The number of sulfonamides is 1. The van der Waals surface area contributed by atoms with Crippen molar-refractivity contribution in [3.8, 4) is 0 Å². The highest BCUT2D eigenvalue weighted by atomic mass is 32.2. The Bertz CT molecular complexity index is 457. The summed E-state index contributed by atoms with van der Waals surface area (Å²) >= 11 is 0. The average Bonchev–Trinajstić information content (AvgIpc) is 2.35. The van der Waals surface area contributed by atoms with E-state index < -0.39 is 10.0 Å². The predicted octanol–water partition coefficient (Wildman–Crippen LogP) is 1.60. The number of nitrogens with zero attached hydrogens (tertiary/aromatic N) is 1. The molecule has 1 aromatic rings. The molecule has 0 fully saturated rings. The molecule has 0 aliphatic carbocycles. The van der Waals surface area contributed by atoms with E-state index >= 15 is 0 Å². The lowest BCUT2D eigenvalue weighted by atomic mass is 10.2. The third kappa shape index (κ3) is 3.28. The maximum absolute atomic E-state index is 12.2. The Labute approximate surface area is 103 Å². The van der Waals surface area contributed by atoms with Crippen LogP contribution in [0, 0.1) is 0 Å². The molecule has 96 valence electrons. The molecule has 1 aromatic carbocycles. The maximum atomic E-state index is 12.2. The molecule has 0 aliphatic rings. The summed E-state index contributed by atoms with van der Waals surface area (Å²) in [5.41, 5.74) is 0.441. The molecule has 0 unspecified atom stereocenters. The molecule has 0 amide bonds. The summed E-state index contributed by atoms with van der Waals surface area (Å²) in [6.45, 7) is 2.25. The number of aliphatic hydroxyl groups excluding tert-OH is 1. The van der Waals surface area contributed by atoms with E-state index in [4.69, 9.17) is 5.11 Å². The number of aliphatic hydroxyl groups is 1. The van der Waals surface area contributed by atoms with Crippen LogP contribution in [0.5, 0.6) is 0 Å². The Hall–Kier alpha value is -0.910. The fourth-order valence-electron chi connectivity index (χ4n) is 1.55. The Morgan fingerprint density at radius 2 is 1.94 bits per heavy atom. The second-order valence-corrected chi connectivity index (χ2v) is 5.96. The highest BCUT2D eigenvalue weighted by Crippen LogP contribution is 2.19. The molecule has 0 spiro atoms. The number of hydrogen-bond donors (Lipinski definition) is 1. The maximum Gasteiger partial charge on any atom is 0.243 e. The highest BCUT2D eigenvalue weighted by molar-refractivity contribution is 7.89. The summed E-state index contributed by atoms with van der Waals surface area (Å²) in [5, 5.41) is 9.16. The molecule has 17 heavy (non-hydrogen) atoms. The van der Waals surface area contributed by atoms with E-state index in [2.05, 4.69) is 0 Å². The molecule has 5 heteroatoms. The molecule has 1 N–H and O–H groups in total. The monoisotopic (exact) mass is 257 g/mol. The summed E-state index contributed by atoms with van der Waals surface area (Å²) in [4.78, 5) is 0.195. The summed E-state index contributed by atoms with van der Waals surface area (Å²) in [5.74, 6) is 0. The molecular weight excluding hydrogens is 238 g/mol. The normalized spacial score (nSPS) is 12.0. The number of rotatable bonds is 6. The number of hydrogen-bond acceptors (Lipinski definition) is 3. The fourth-order valence-corrected chi connectivity index (χ4v) is 2.97. The Morgan fingerprint density at radius 3 is 2.53 bits per heavy atom. The van der Waals surface area contributed by atoms with Crippen molar-refractivity contribution in [2.75, 3.05) is 13.6 Å². The van der Waals surface area contributed by atoms with Gasteiger partial charge in [-0.25, -0.2) is 12.7 Å². The lowest BCUT2D eigenvalue weighted by Crippen LogP contribution is -2.28. The molecular formula is C12H19NO3S. The van der Waals surface area contributed by atoms with Crippen molar-refractivity contribution < 1.29 is 13.5 Å². The minimum atomic E-state index is -3.48. The summed E-state index contributed by atoms with van der Waals surface area (Å²) in [6.07, 6.45) is 1.78. The Morgan fingerprint density at radius 1 is 1.29 bits per heavy atom. The van der Waals surface area contributed by atoms with Crippen LogP contribution in [0.25, 0.3) is 0 Å². The van der Waals surface area contributed by atoms with Crippen molar-refractivity contribution in [2.45, 2.75) is 31.3 Å². The van der Waals surface area contributed by atoms with Gasteiger partial charge < -0.3 is 5.11 Å². The van der Waals surface area contributed by atoms with Gasteiger partial charge in [-0.1, -0.05) is 31.5 Å². The SMILES string of the molecule is CCCCN(C)S(=O)(=O)c1ccccc1CO. The van der Waals surface area contributed by atoms with Crippen molar-refractivity contribution in [1.82, 2.24) is 4.31 Å². The second-order valence-electron chi connectivity index (χ2n) is 3.95. The van der Waals surface area contributed by atoms with E-state index in [1.54, 1.807) is 25.2 Å². The van der Waals surface area contributed by atoms with Gasteiger partial charge in [0.1, 0.15) is 0 Å². The van der Waals surface area contributed by atoms with E-state index in [0.29, 0.717) is 12.1 Å². The predicted molar refractivity (Wildman–Crippen MR) is 67.1 cm³/mol. The summed E-state index contributed by atoms with van der Waals surface area (Å²) < 4.78 is 25.8. The van der Waals surface area contributed by atoms with Crippen molar-refractivity contribution in [2.24, 2.45) is 0 Å². The van der Waals surface area contributed by atoms with Gasteiger partial charge in [-0.3, -0.25) is 0 Å². The van der Waals surface area contributed by atoms with E-state index in [-0.39, 0.29) is 11.5 Å². The molecule has 0 aliphatic heterocycles. The zero-order valence-corrected chi connectivity index (χ0v) is 11.1. The topological polar surface area (TPSA) is 57.6 Å². The molecule has 1 rings (SSSR count). The van der Waals surface area contributed by atoms with Crippen LogP contribution >= 0.6 is 0 Å². The zero-order chi connectivity index (χ0) is 12.9. The molecule has 0 heterocycles. The van der Waals surface area contributed by atoms with Gasteiger partial charge in [0.25, 0.3) is 0 Å². The molecule has 4 nitrogen and oxygen atoms in total. The molecule has 0 saturated carbocycles. The van der Waals surface area contributed by atoms with Crippen molar-refractivity contribution in [3.63, 3.8) is 0 Å². The largest absolute Gasteiger partial charge is 0.392 e. The molecule has 0 saturated heterocycles. The quantitative estimate of drug-likeness (QED) is 0.842. The second kappa shape index (κ2) is 6.14. The molecule has 0 radical (unpaired) electrons. The van der Waals surface area contributed by atoms with Crippen LogP contribution in [0.15, 0.2) is 29.2 Å². The van der Waals surface area contributed by atoms with Crippen LogP contribution in [0.4, 0.5) is 0 Å². The van der Waals surface area contributed by atoms with E-state index in [1.807, 2.05) is 6.92 Å². The Kier molecular flexibility index (Phi) is 5.11. The van der Waals surface area contributed by atoms with Gasteiger partial charge in [-0.05, 0) is 18.1 Å². The average molecular weight is 257 g/mol. The van der Waals surface area contributed by atoms with Gasteiger partial charge in [0.05, 0.1) is 11.5 Å². The van der Waals surface area contributed by atoms with Gasteiger partial charge in [-0.15, -0.1) is 0 Å². The summed E-state index contributed by atoms with van der Waals surface area (Å²) in [6, 6.07) is 6.54. The molecule has 0 atom stereocenters. The van der Waals surface area contributed by atoms with Crippen LogP contribution in [-0.2, 0) is 16.6 Å². The van der Waals surface area contributed by atoms with Crippen LogP contribution in [0.3, 0.4) is 0 Å². The minimum absolute atomic E-state index is 0.195. The molecule has 0 bridgehead atoms. The van der Waals surface area contributed by atoms with Crippen LogP contribution in [0.1, 0.15) is 25.3 Å². The first kappa shape index (κ1) is 14.2. The third-order valence-electron chi connectivity index (χ3n) is 2.66. The van der Waals surface area contributed by atoms with E-state index in [9.17, 15) is 8.42 Å². The van der Waals surface area contributed by atoms with Gasteiger partial charge in [0, 0.05) is 13.6 Å². The number of unbranched alkanes of at least 4 members (excludes halogenated alkanes) is 1. The van der Waals surface area contributed by atoms with Crippen LogP contribution in [0.2, 0.25) is 0 Å². The standard InChI is InChI=1S/C12H19NO3S/c1-3-4-9-13(2)17(15,16)12-8-6-5-7-11(12)10-14/h5-8,14H,3-4,9-10H2,1-2H3. The zero-order valence-electron chi connectivity index (χ0n) is 10.3. The van der Waals surface area contributed by atoms with Crippen molar-refractivity contribution in [1.29, 1.82) is 0 Å². The fraction of sp³-hybridized carbons (Fsp3) is 0.500. The lowest BCUT2D eigenvalue weighted by Gasteiger charge is -2.18. The number of benzene rings is 1. The first-order chi connectivity index (χ1) is 8.04. The first-order valence-electron chi connectivity index (χ1n) is 5.69. The van der Waals surface area contributed by atoms with Crippen LogP contribution < -0.4 is 0 Å². The molecule has 0 aromatic heterocycles. The van der Waals surface area contributed by atoms with Gasteiger partial charge >= 0.3 is 0 Å². The van der Waals surface area contributed by atoms with Gasteiger partial charge in [0.15, 0.2) is 0 Å². The van der Waals surface area contributed by atoms with Gasteiger partial charge in [0.2, 0.25) is 10.0 Å². The lowest BCUT2D eigenvalue weighted by molar-refractivity contribution is 0.278.